The third kappa shape index (κ3) is 13.3. The first-order chi connectivity index (χ1) is 14.5. The van der Waals surface area contributed by atoms with Gasteiger partial charge in [-0.2, -0.15) is 0 Å². The van der Waals surface area contributed by atoms with Crippen LogP contribution in [0.5, 0.6) is 0 Å². The van der Waals surface area contributed by atoms with Crippen molar-refractivity contribution in [1.82, 2.24) is 4.90 Å². The van der Waals surface area contributed by atoms with Crippen molar-refractivity contribution in [3.05, 3.63) is 0 Å². The lowest BCUT2D eigenvalue weighted by molar-refractivity contribution is 0.0204. The summed E-state index contributed by atoms with van der Waals surface area (Å²) in [7, 11) is 0. The lowest BCUT2D eigenvalue weighted by atomic mass is 9.67. The molecule has 0 N–H and O–H groups in total. The minimum Gasteiger partial charge on any atom is -0.298 e. The van der Waals surface area contributed by atoms with E-state index in [1.54, 1.807) is 0 Å². The average molecular weight is 438 g/mol. The molecular weight excluding hydrogens is 374 g/mol. The van der Waals surface area contributed by atoms with Crippen LogP contribution in [0.2, 0.25) is 0 Å². The predicted molar refractivity (Wildman–Crippen MR) is 144 cm³/mol. The molecule has 0 saturated heterocycles. The molecule has 0 aromatic heterocycles. The predicted octanol–water partition coefficient (Wildman–Crippen LogP) is 10.3. The second-order valence-electron chi connectivity index (χ2n) is 12.6. The Morgan fingerprint density at radius 2 is 1.06 bits per heavy atom. The van der Waals surface area contributed by atoms with Gasteiger partial charge < -0.3 is 0 Å². The molecule has 0 aliphatic carbocycles. The summed E-state index contributed by atoms with van der Waals surface area (Å²) in [5.41, 5.74) is 1.06. The highest BCUT2D eigenvalue weighted by Crippen LogP contribution is 2.43. The molecule has 0 aromatic carbocycles. The van der Waals surface area contributed by atoms with Gasteiger partial charge in [0.25, 0.3) is 0 Å². The number of nitrogens with zero attached hydrogens (tertiary/aromatic N) is 1. The van der Waals surface area contributed by atoms with Gasteiger partial charge in [0.15, 0.2) is 0 Å². The highest BCUT2D eigenvalue weighted by molar-refractivity contribution is 4.92. The van der Waals surface area contributed by atoms with Crippen LogP contribution in [0.15, 0.2) is 0 Å². The first-order valence-electron chi connectivity index (χ1n) is 14.2. The van der Waals surface area contributed by atoms with Crippen LogP contribution < -0.4 is 0 Å². The molecule has 1 nitrogen and oxygen atoms in total. The van der Waals surface area contributed by atoms with Crippen LogP contribution in [0.1, 0.15) is 159 Å². The molecular formula is C30H63N. The fourth-order valence-electron chi connectivity index (χ4n) is 5.67. The fourth-order valence-corrected chi connectivity index (χ4v) is 5.67. The van der Waals surface area contributed by atoms with Crippen LogP contribution >= 0.6 is 0 Å². The maximum atomic E-state index is 2.78. The summed E-state index contributed by atoms with van der Waals surface area (Å²) in [5.74, 6) is 0.868. The molecule has 0 aliphatic rings. The summed E-state index contributed by atoms with van der Waals surface area (Å²) >= 11 is 0. The monoisotopic (exact) mass is 437 g/mol. The highest BCUT2D eigenvalue weighted by atomic mass is 15.2. The topological polar surface area (TPSA) is 3.24 Å². The third-order valence-corrected chi connectivity index (χ3v) is 8.12. The Balaban J connectivity index is 5.15. The fraction of sp³-hybridized carbons (Fsp3) is 1.00. The third-order valence-electron chi connectivity index (χ3n) is 8.12. The molecule has 0 aliphatic heterocycles. The number of hydrogen-bond donors (Lipinski definition) is 0. The quantitative estimate of drug-likeness (QED) is 0.171. The van der Waals surface area contributed by atoms with E-state index in [2.05, 4.69) is 74.1 Å². The second-order valence-corrected chi connectivity index (χ2v) is 12.6. The maximum absolute atomic E-state index is 2.78. The lowest BCUT2D eigenvalue weighted by Crippen LogP contribution is -2.51. The van der Waals surface area contributed by atoms with Gasteiger partial charge in [0.2, 0.25) is 0 Å². The standard InChI is InChI=1S/C30H63N/c1-11-15-17-19-21-23-27(24-22-20-18-16-12-2)29(7,8)25-30(9,10)31(14-4)26-28(5,6)13-3/h27H,11-26H2,1-10H3. The molecule has 0 fully saturated rings. The summed E-state index contributed by atoms with van der Waals surface area (Å²) in [6.45, 7) is 26.8. The molecule has 1 heteroatoms. The van der Waals surface area contributed by atoms with E-state index in [0.29, 0.717) is 10.8 Å². The van der Waals surface area contributed by atoms with Crippen molar-refractivity contribution in [1.29, 1.82) is 0 Å². The minimum absolute atomic E-state index is 0.257. The molecule has 188 valence electrons. The smallest absolute Gasteiger partial charge is 0.0158 e. The van der Waals surface area contributed by atoms with Gasteiger partial charge in [0.05, 0.1) is 0 Å². The average Bonchev–Trinajstić information content (AvgIpc) is 2.69. The molecule has 0 aromatic rings. The van der Waals surface area contributed by atoms with Crippen LogP contribution in [0.3, 0.4) is 0 Å². The summed E-state index contributed by atoms with van der Waals surface area (Å²) in [6.07, 6.45) is 19.6. The molecule has 0 heterocycles. The van der Waals surface area contributed by atoms with Gasteiger partial charge in [-0.1, -0.05) is 120 Å². The maximum Gasteiger partial charge on any atom is 0.0158 e. The summed E-state index contributed by atoms with van der Waals surface area (Å²) < 4.78 is 0. The summed E-state index contributed by atoms with van der Waals surface area (Å²) in [4.78, 5) is 2.78. The normalized spacial score (nSPS) is 13.5. The van der Waals surface area contributed by atoms with Gasteiger partial charge in [-0.15, -0.1) is 0 Å². The summed E-state index contributed by atoms with van der Waals surface area (Å²) in [5, 5.41) is 0. The van der Waals surface area contributed by atoms with E-state index in [4.69, 9.17) is 0 Å². The van der Waals surface area contributed by atoms with Gasteiger partial charge in [-0.3, -0.25) is 4.90 Å². The lowest BCUT2D eigenvalue weighted by Gasteiger charge is -2.48. The van der Waals surface area contributed by atoms with Crippen molar-refractivity contribution < 1.29 is 0 Å². The van der Waals surface area contributed by atoms with Gasteiger partial charge in [0, 0.05) is 12.1 Å². The zero-order valence-corrected chi connectivity index (χ0v) is 23.8. The van der Waals surface area contributed by atoms with Crippen LogP contribution in [0, 0.1) is 16.7 Å². The van der Waals surface area contributed by atoms with Gasteiger partial charge in [-0.25, -0.2) is 0 Å². The van der Waals surface area contributed by atoms with E-state index in [9.17, 15) is 0 Å². The van der Waals surface area contributed by atoms with Crippen LogP contribution in [0.4, 0.5) is 0 Å². The molecule has 0 unspecified atom stereocenters. The molecule has 0 spiro atoms. The Morgan fingerprint density at radius 1 is 0.613 bits per heavy atom. The Labute approximate surface area is 199 Å². The van der Waals surface area contributed by atoms with Crippen LogP contribution in [0.25, 0.3) is 0 Å². The van der Waals surface area contributed by atoms with Crippen molar-refractivity contribution in [2.45, 2.75) is 165 Å². The Hall–Kier alpha value is -0.0400. The van der Waals surface area contributed by atoms with Gasteiger partial charge in [0.1, 0.15) is 0 Å². The molecule has 0 bridgehead atoms. The zero-order valence-electron chi connectivity index (χ0n) is 23.8. The first kappa shape index (κ1) is 31.0. The van der Waals surface area contributed by atoms with E-state index in [-0.39, 0.29) is 5.54 Å². The Kier molecular flexibility index (Phi) is 15.7. The molecule has 0 saturated carbocycles. The SMILES string of the molecule is CCCCCCCC(CCCCCCC)C(C)(C)CC(C)(C)N(CC)CC(C)(C)CC. The molecule has 0 radical (unpaired) electrons. The van der Waals surface area contributed by atoms with E-state index in [0.717, 1.165) is 12.5 Å². The minimum atomic E-state index is 0.257. The molecule has 0 rings (SSSR count). The van der Waals surface area contributed by atoms with Crippen LogP contribution in [-0.4, -0.2) is 23.5 Å². The van der Waals surface area contributed by atoms with Gasteiger partial charge >= 0.3 is 0 Å². The van der Waals surface area contributed by atoms with E-state index < -0.39 is 0 Å². The van der Waals surface area contributed by atoms with E-state index in [1.807, 2.05) is 0 Å². The van der Waals surface area contributed by atoms with Crippen molar-refractivity contribution in [3.8, 4) is 0 Å². The van der Waals surface area contributed by atoms with Crippen molar-refractivity contribution in [2.24, 2.45) is 16.7 Å². The van der Waals surface area contributed by atoms with Crippen molar-refractivity contribution >= 4 is 0 Å². The first-order valence-corrected chi connectivity index (χ1v) is 14.2. The zero-order chi connectivity index (χ0) is 24.0. The summed E-state index contributed by atoms with van der Waals surface area (Å²) in [6, 6.07) is 0. The number of unbranched alkanes of at least 4 members (excludes halogenated alkanes) is 8. The highest BCUT2D eigenvalue weighted by Gasteiger charge is 2.38. The number of hydrogen-bond acceptors (Lipinski definition) is 1. The van der Waals surface area contributed by atoms with E-state index in [1.165, 1.54) is 96.4 Å². The Bertz CT molecular complexity index is 406. The second kappa shape index (κ2) is 15.7. The van der Waals surface area contributed by atoms with E-state index >= 15 is 0 Å². The van der Waals surface area contributed by atoms with Crippen molar-refractivity contribution in [2.75, 3.05) is 13.1 Å². The van der Waals surface area contributed by atoms with Gasteiger partial charge in [-0.05, 0) is 62.8 Å². The van der Waals surface area contributed by atoms with Crippen molar-refractivity contribution in [3.63, 3.8) is 0 Å². The molecule has 0 atom stereocenters. The largest absolute Gasteiger partial charge is 0.298 e. The molecule has 0 amide bonds. The van der Waals surface area contributed by atoms with Crippen LogP contribution in [-0.2, 0) is 0 Å². The molecule has 31 heavy (non-hydrogen) atoms. The Morgan fingerprint density at radius 3 is 1.45 bits per heavy atom. The number of rotatable bonds is 20.